The Kier molecular flexibility index (Phi) is 4.57. The number of aliphatic imine (C=N–C) groups is 1. The second kappa shape index (κ2) is 6.96. The van der Waals surface area contributed by atoms with Crippen LogP contribution in [0.1, 0.15) is 27.9 Å². The Morgan fingerprint density at radius 3 is 2.65 bits per heavy atom. The Balaban J connectivity index is 1.73. The fourth-order valence-electron chi connectivity index (χ4n) is 2.52. The van der Waals surface area contributed by atoms with Crippen LogP contribution >= 0.6 is 0 Å². The van der Waals surface area contributed by atoms with Crippen LogP contribution in [0.5, 0.6) is 0 Å². The van der Waals surface area contributed by atoms with Crippen molar-refractivity contribution in [3.8, 4) is 0 Å². The summed E-state index contributed by atoms with van der Waals surface area (Å²) in [6.07, 6.45) is 1.06. The molecular weight excluding hydrogens is 290 g/mol. The molecule has 0 atom stereocenters. The van der Waals surface area contributed by atoms with Crippen molar-refractivity contribution in [2.45, 2.75) is 13.0 Å². The number of nitrogens with zero attached hydrogens (tertiary/aromatic N) is 1. The van der Waals surface area contributed by atoms with Crippen LogP contribution in [0.2, 0.25) is 0 Å². The number of nitrogens with one attached hydrogen (secondary N) is 2. The maximum Gasteiger partial charge on any atom is 0.335 e. The second-order valence-electron chi connectivity index (χ2n) is 5.41. The van der Waals surface area contributed by atoms with E-state index in [4.69, 9.17) is 5.11 Å². The van der Waals surface area contributed by atoms with Crippen LogP contribution in [-0.2, 0) is 6.54 Å². The molecule has 0 aromatic heterocycles. The molecule has 3 rings (SSSR count). The number of para-hydroxylation sites is 1. The molecule has 5 heteroatoms. The Morgan fingerprint density at radius 1 is 1.17 bits per heavy atom. The van der Waals surface area contributed by atoms with Crippen LogP contribution in [0.3, 0.4) is 0 Å². The molecule has 0 spiro atoms. The average Bonchev–Trinajstić information content (AvgIpc) is 2.61. The number of rotatable bonds is 5. The fourth-order valence-corrected chi connectivity index (χ4v) is 2.52. The van der Waals surface area contributed by atoms with E-state index in [-0.39, 0.29) is 0 Å². The van der Waals surface area contributed by atoms with Gasteiger partial charge in [0, 0.05) is 30.9 Å². The van der Waals surface area contributed by atoms with Crippen molar-refractivity contribution in [2.75, 3.05) is 18.4 Å². The Morgan fingerprint density at radius 2 is 1.96 bits per heavy atom. The van der Waals surface area contributed by atoms with Crippen molar-refractivity contribution < 1.29 is 9.90 Å². The van der Waals surface area contributed by atoms with Crippen LogP contribution in [0.15, 0.2) is 53.5 Å². The van der Waals surface area contributed by atoms with Crippen molar-refractivity contribution in [1.82, 2.24) is 5.32 Å². The van der Waals surface area contributed by atoms with Crippen LogP contribution < -0.4 is 10.6 Å². The van der Waals surface area contributed by atoms with E-state index in [1.165, 1.54) is 0 Å². The van der Waals surface area contributed by atoms with E-state index in [0.29, 0.717) is 12.1 Å². The van der Waals surface area contributed by atoms with Crippen LogP contribution in [0.25, 0.3) is 0 Å². The smallest absolute Gasteiger partial charge is 0.335 e. The van der Waals surface area contributed by atoms with Crippen LogP contribution in [-0.4, -0.2) is 30.0 Å². The van der Waals surface area contributed by atoms with Gasteiger partial charge in [0.1, 0.15) is 5.84 Å². The number of aromatic carboxylic acids is 1. The van der Waals surface area contributed by atoms with Gasteiger partial charge in [0.05, 0.1) is 5.56 Å². The number of carboxylic acid groups (broad SMARTS) is 1. The zero-order valence-corrected chi connectivity index (χ0v) is 12.7. The van der Waals surface area contributed by atoms with Gasteiger partial charge in [-0.25, -0.2) is 4.79 Å². The number of hydrogen-bond donors (Lipinski definition) is 3. The molecule has 0 unspecified atom stereocenters. The summed E-state index contributed by atoms with van der Waals surface area (Å²) in [7, 11) is 0. The summed E-state index contributed by atoms with van der Waals surface area (Å²) in [6.45, 7) is 2.43. The largest absolute Gasteiger partial charge is 0.478 e. The molecule has 0 bridgehead atoms. The highest BCUT2D eigenvalue weighted by molar-refractivity contribution is 6.03. The molecule has 1 heterocycles. The Labute approximate surface area is 135 Å². The third-order valence-corrected chi connectivity index (χ3v) is 3.76. The van der Waals surface area contributed by atoms with Gasteiger partial charge in [0.15, 0.2) is 0 Å². The predicted molar refractivity (Wildman–Crippen MR) is 91.2 cm³/mol. The molecule has 0 amide bonds. The molecule has 0 saturated carbocycles. The average molecular weight is 309 g/mol. The van der Waals surface area contributed by atoms with Gasteiger partial charge in [0.2, 0.25) is 0 Å². The molecule has 118 valence electrons. The van der Waals surface area contributed by atoms with Crippen LogP contribution in [0, 0.1) is 0 Å². The lowest BCUT2D eigenvalue weighted by molar-refractivity contribution is 0.0697. The maximum absolute atomic E-state index is 10.9. The molecule has 1 aliphatic heterocycles. The van der Waals surface area contributed by atoms with Gasteiger partial charge < -0.3 is 15.7 Å². The van der Waals surface area contributed by atoms with Crippen molar-refractivity contribution >= 4 is 17.5 Å². The van der Waals surface area contributed by atoms with Crippen molar-refractivity contribution in [2.24, 2.45) is 4.99 Å². The van der Waals surface area contributed by atoms with E-state index >= 15 is 0 Å². The van der Waals surface area contributed by atoms with Crippen molar-refractivity contribution in [3.63, 3.8) is 0 Å². The van der Waals surface area contributed by atoms with E-state index in [1.807, 2.05) is 36.4 Å². The predicted octanol–water partition coefficient (Wildman–Crippen LogP) is 2.74. The van der Waals surface area contributed by atoms with Crippen LogP contribution in [0.4, 0.5) is 5.69 Å². The van der Waals surface area contributed by atoms with Crippen molar-refractivity contribution in [1.29, 1.82) is 0 Å². The quantitative estimate of drug-likeness (QED) is 0.794. The minimum absolute atomic E-state index is 0.301. The van der Waals surface area contributed by atoms with E-state index < -0.39 is 5.97 Å². The maximum atomic E-state index is 10.9. The Bertz CT molecular complexity index is 723. The lowest BCUT2D eigenvalue weighted by Gasteiger charge is -2.18. The summed E-state index contributed by atoms with van der Waals surface area (Å²) in [5, 5.41) is 15.7. The van der Waals surface area contributed by atoms with E-state index in [1.54, 1.807) is 12.1 Å². The third kappa shape index (κ3) is 3.69. The van der Waals surface area contributed by atoms with Gasteiger partial charge in [-0.3, -0.25) is 4.99 Å². The molecule has 0 saturated heterocycles. The highest BCUT2D eigenvalue weighted by Crippen LogP contribution is 2.18. The van der Waals surface area contributed by atoms with Gasteiger partial charge in [-0.1, -0.05) is 24.3 Å². The first kappa shape index (κ1) is 15.1. The molecule has 2 aromatic carbocycles. The van der Waals surface area contributed by atoms with Gasteiger partial charge in [-0.05, 0) is 36.2 Å². The molecule has 0 radical (unpaired) electrons. The Hall–Kier alpha value is -2.82. The standard InChI is InChI=1S/C18H19N3O2/c22-18(23)14-8-6-13(7-9-14)12-21-16-5-2-1-4-15(16)17-19-10-3-11-20-17/h1-2,4-9,21H,3,10-12H2,(H,19,20)(H,22,23). The molecular formula is C18H19N3O2. The van der Waals surface area contributed by atoms with E-state index in [0.717, 1.165) is 42.2 Å². The van der Waals surface area contributed by atoms with Gasteiger partial charge >= 0.3 is 5.97 Å². The topological polar surface area (TPSA) is 73.7 Å². The highest BCUT2D eigenvalue weighted by atomic mass is 16.4. The number of carboxylic acids is 1. The SMILES string of the molecule is O=C(O)c1ccc(CNc2ccccc2C2=NCCCN2)cc1. The summed E-state index contributed by atoms with van der Waals surface area (Å²) in [4.78, 5) is 15.4. The van der Waals surface area contributed by atoms with Crippen molar-refractivity contribution in [3.05, 3.63) is 65.2 Å². The number of benzene rings is 2. The summed E-state index contributed by atoms with van der Waals surface area (Å²) in [5.41, 5.74) is 3.41. The molecule has 2 aromatic rings. The highest BCUT2D eigenvalue weighted by Gasteiger charge is 2.11. The summed E-state index contributed by atoms with van der Waals surface area (Å²) in [6, 6.07) is 15.0. The molecule has 0 aliphatic carbocycles. The normalized spacial score (nSPS) is 13.8. The first-order valence-electron chi connectivity index (χ1n) is 7.68. The lowest BCUT2D eigenvalue weighted by atomic mass is 10.1. The monoisotopic (exact) mass is 309 g/mol. The molecule has 0 fully saturated rings. The lowest BCUT2D eigenvalue weighted by Crippen LogP contribution is -2.30. The second-order valence-corrected chi connectivity index (χ2v) is 5.41. The summed E-state index contributed by atoms with van der Waals surface area (Å²) in [5.74, 6) is 0.0248. The zero-order chi connectivity index (χ0) is 16.1. The first-order valence-corrected chi connectivity index (χ1v) is 7.68. The minimum atomic E-state index is -0.906. The summed E-state index contributed by atoms with van der Waals surface area (Å²) < 4.78 is 0. The number of carbonyl (C=O) groups is 1. The molecule has 1 aliphatic rings. The fraction of sp³-hybridized carbons (Fsp3) is 0.222. The van der Waals surface area contributed by atoms with Gasteiger partial charge in [0.25, 0.3) is 0 Å². The molecule has 23 heavy (non-hydrogen) atoms. The number of amidine groups is 1. The van der Waals surface area contributed by atoms with E-state index in [9.17, 15) is 4.79 Å². The molecule has 5 nitrogen and oxygen atoms in total. The van der Waals surface area contributed by atoms with Gasteiger partial charge in [-0.15, -0.1) is 0 Å². The zero-order valence-electron chi connectivity index (χ0n) is 12.7. The third-order valence-electron chi connectivity index (χ3n) is 3.76. The number of anilines is 1. The number of hydrogen-bond acceptors (Lipinski definition) is 4. The molecule has 3 N–H and O–H groups in total. The van der Waals surface area contributed by atoms with E-state index in [2.05, 4.69) is 15.6 Å². The minimum Gasteiger partial charge on any atom is -0.478 e. The first-order chi connectivity index (χ1) is 11.2. The van der Waals surface area contributed by atoms with Gasteiger partial charge in [-0.2, -0.15) is 0 Å². The summed E-state index contributed by atoms with van der Waals surface area (Å²) >= 11 is 0.